The highest BCUT2D eigenvalue weighted by molar-refractivity contribution is 5.80. The molecule has 3 heteroatoms. The van der Waals surface area contributed by atoms with E-state index in [0.717, 1.165) is 5.56 Å². The summed E-state index contributed by atoms with van der Waals surface area (Å²) in [6.07, 6.45) is 4.37. The van der Waals surface area contributed by atoms with E-state index < -0.39 is 12.0 Å². The van der Waals surface area contributed by atoms with Crippen LogP contribution in [0.1, 0.15) is 37.4 Å². The maximum Gasteiger partial charge on any atom is 0.251 e. The van der Waals surface area contributed by atoms with Gasteiger partial charge in [-0.1, -0.05) is 43.2 Å². The third-order valence-electron chi connectivity index (χ3n) is 3.33. The Morgan fingerprint density at radius 3 is 2.53 bits per heavy atom. The van der Waals surface area contributed by atoms with Crippen LogP contribution in [0.4, 0.5) is 0 Å². The zero-order valence-corrected chi connectivity index (χ0v) is 9.97. The molecule has 17 heavy (non-hydrogen) atoms. The van der Waals surface area contributed by atoms with Crippen LogP contribution in [-0.2, 0) is 9.53 Å². The Balaban J connectivity index is 1.95. The van der Waals surface area contributed by atoms with Gasteiger partial charge < -0.3 is 10.5 Å². The highest BCUT2D eigenvalue weighted by Gasteiger charge is 2.22. The lowest BCUT2D eigenvalue weighted by molar-refractivity contribution is -0.130. The molecule has 1 fully saturated rings. The molecular formula is C14H19NO2. The molecule has 1 saturated carbocycles. The zero-order valence-electron chi connectivity index (χ0n) is 9.97. The Hall–Kier alpha value is -1.35. The fourth-order valence-corrected chi connectivity index (χ4v) is 2.38. The van der Waals surface area contributed by atoms with Crippen molar-refractivity contribution in [3.8, 4) is 0 Å². The lowest BCUT2D eigenvalue weighted by Crippen LogP contribution is -2.25. The van der Waals surface area contributed by atoms with Gasteiger partial charge in [-0.25, -0.2) is 0 Å². The van der Waals surface area contributed by atoms with Crippen LogP contribution in [0.25, 0.3) is 0 Å². The molecule has 0 heterocycles. The molecule has 0 aliphatic heterocycles. The van der Waals surface area contributed by atoms with Crippen molar-refractivity contribution in [1.29, 1.82) is 0 Å². The monoisotopic (exact) mass is 233 g/mol. The SMILES string of the molecule is NC(=O)C(OCC1CCCC1)c1ccccc1. The van der Waals surface area contributed by atoms with Gasteiger partial charge >= 0.3 is 0 Å². The Kier molecular flexibility index (Phi) is 4.15. The molecule has 0 aromatic heterocycles. The third kappa shape index (κ3) is 3.30. The van der Waals surface area contributed by atoms with E-state index in [9.17, 15) is 4.79 Å². The smallest absolute Gasteiger partial charge is 0.251 e. The third-order valence-corrected chi connectivity index (χ3v) is 3.33. The van der Waals surface area contributed by atoms with Crippen LogP contribution in [0.15, 0.2) is 30.3 Å². The predicted molar refractivity (Wildman–Crippen MR) is 66.3 cm³/mol. The maximum atomic E-state index is 11.4. The van der Waals surface area contributed by atoms with Crippen molar-refractivity contribution in [3.63, 3.8) is 0 Å². The molecule has 3 nitrogen and oxygen atoms in total. The highest BCUT2D eigenvalue weighted by Crippen LogP contribution is 2.27. The second-order valence-corrected chi connectivity index (χ2v) is 4.68. The summed E-state index contributed by atoms with van der Waals surface area (Å²) >= 11 is 0. The maximum absolute atomic E-state index is 11.4. The Morgan fingerprint density at radius 1 is 1.29 bits per heavy atom. The second kappa shape index (κ2) is 5.82. The van der Waals surface area contributed by atoms with E-state index in [0.29, 0.717) is 12.5 Å². The van der Waals surface area contributed by atoms with Crippen molar-refractivity contribution in [3.05, 3.63) is 35.9 Å². The number of nitrogens with two attached hydrogens (primary N) is 1. The van der Waals surface area contributed by atoms with Crippen molar-refractivity contribution in [1.82, 2.24) is 0 Å². The summed E-state index contributed by atoms with van der Waals surface area (Å²) < 4.78 is 5.70. The molecule has 92 valence electrons. The van der Waals surface area contributed by atoms with E-state index in [1.54, 1.807) is 0 Å². The first-order valence-electron chi connectivity index (χ1n) is 6.23. The molecule has 2 rings (SSSR count). The molecule has 1 aromatic carbocycles. The van der Waals surface area contributed by atoms with Gasteiger partial charge in [0.1, 0.15) is 0 Å². The molecule has 1 aliphatic rings. The van der Waals surface area contributed by atoms with E-state index >= 15 is 0 Å². The van der Waals surface area contributed by atoms with Crippen molar-refractivity contribution in [2.45, 2.75) is 31.8 Å². The molecule has 1 atom stereocenters. The number of primary amides is 1. The number of rotatable bonds is 5. The summed E-state index contributed by atoms with van der Waals surface area (Å²) in [7, 11) is 0. The molecule has 2 N–H and O–H groups in total. The number of carbonyl (C=O) groups is 1. The van der Waals surface area contributed by atoms with Gasteiger partial charge in [-0.05, 0) is 24.3 Å². The topological polar surface area (TPSA) is 52.3 Å². The number of hydrogen-bond donors (Lipinski definition) is 1. The first-order chi connectivity index (χ1) is 8.27. The van der Waals surface area contributed by atoms with Crippen molar-refractivity contribution < 1.29 is 9.53 Å². The van der Waals surface area contributed by atoms with E-state index in [1.165, 1.54) is 25.7 Å². The molecule has 1 aliphatic carbocycles. The summed E-state index contributed by atoms with van der Waals surface area (Å²) in [5.41, 5.74) is 6.23. The Bertz CT molecular complexity index is 358. The molecule has 0 bridgehead atoms. The minimum absolute atomic E-state index is 0.408. The second-order valence-electron chi connectivity index (χ2n) is 4.68. The Morgan fingerprint density at radius 2 is 1.94 bits per heavy atom. The molecule has 0 saturated heterocycles. The minimum Gasteiger partial charge on any atom is -0.367 e. The first kappa shape index (κ1) is 12.1. The number of benzene rings is 1. The summed E-state index contributed by atoms with van der Waals surface area (Å²) in [5, 5.41) is 0. The molecule has 0 spiro atoms. The van der Waals surface area contributed by atoms with E-state index in [-0.39, 0.29) is 0 Å². The fraction of sp³-hybridized carbons (Fsp3) is 0.500. The quantitative estimate of drug-likeness (QED) is 0.849. The largest absolute Gasteiger partial charge is 0.367 e. The van der Waals surface area contributed by atoms with Crippen LogP contribution in [0.5, 0.6) is 0 Å². The van der Waals surface area contributed by atoms with Gasteiger partial charge in [0.05, 0.1) is 6.61 Å². The van der Waals surface area contributed by atoms with E-state index in [1.807, 2.05) is 30.3 Å². The van der Waals surface area contributed by atoms with E-state index in [2.05, 4.69) is 0 Å². The molecule has 1 aromatic rings. The van der Waals surface area contributed by atoms with Gasteiger partial charge in [0.25, 0.3) is 5.91 Å². The standard InChI is InChI=1S/C14H19NO2/c15-14(16)13(12-8-2-1-3-9-12)17-10-11-6-4-5-7-11/h1-3,8-9,11,13H,4-7,10H2,(H2,15,16). The normalized spacial score (nSPS) is 18.1. The summed E-state index contributed by atoms with van der Waals surface area (Å²) in [6, 6.07) is 9.46. The van der Waals surface area contributed by atoms with Crippen LogP contribution in [0.3, 0.4) is 0 Å². The van der Waals surface area contributed by atoms with Crippen molar-refractivity contribution in [2.24, 2.45) is 11.7 Å². The van der Waals surface area contributed by atoms with E-state index in [4.69, 9.17) is 10.5 Å². The van der Waals surface area contributed by atoms with Gasteiger partial charge in [0.15, 0.2) is 6.10 Å². The van der Waals surface area contributed by atoms with Crippen LogP contribution in [0.2, 0.25) is 0 Å². The fourth-order valence-electron chi connectivity index (χ4n) is 2.38. The van der Waals surface area contributed by atoms with Gasteiger partial charge in [-0.15, -0.1) is 0 Å². The number of ether oxygens (including phenoxy) is 1. The van der Waals surface area contributed by atoms with Crippen molar-refractivity contribution in [2.75, 3.05) is 6.61 Å². The summed E-state index contributed by atoms with van der Waals surface area (Å²) in [5.74, 6) is 0.190. The molecule has 0 radical (unpaired) electrons. The molecule has 1 amide bonds. The predicted octanol–water partition coefficient (Wildman–Crippen LogP) is 2.42. The highest BCUT2D eigenvalue weighted by atomic mass is 16.5. The van der Waals surface area contributed by atoms with Crippen LogP contribution in [-0.4, -0.2) is 12.5 Å². The lowest BCUT2D eigenvalue weighted by atomic mass is 10.1. The van der Waals surface area contributed by atoms with Crippen molar-refractivity contribution >= 4 is 5.91 Å². The van der Waals surface area contributed by atoms with Crippen LogP contribution in [0, 0.1) is 5.92 Å². The Labute approximate surface area is 102 Å². The van der Waals surface area contributed by atoms with Gasteiger partial charge in [0.2, 0.25) is 0 Å². The average Bonchev–Trinajstić information content (AvgIpc) is 2.83. The van der Waals surface area contributed by atoms with Gasteiger partial charge in [-0.2, -0.15) is 0 Å². The van der Waals surface area contributed by atoms with Crippen LogP contribution >= 0.6 is 0 Å². The number of carbonyl (C=O) groups excluding carboxylic acids is 1. The number of amides is 1. The van der Waals surface area contributed by atoms with Gasteiger partial charge in [0, 0.05) is 0 Å². The summed E-state index contributed by atoms with van der Waals surface area (Å²) in [4.78, 5) is 11.4. The first-order valence-corrected chi connectivity index (χ1v) is 6.23. The average molecular weight is 233 g/mol. The minimum atomic E-state index is -0.600. The number of hydrogen-bond acceptors (Lipinski definition) is 2. The molecule has 1 unspecified atom stereocenters. The van der Waals surface area contributed by atoms with Crippen LogP contribution < -0.4 is 5.73 Å². The molecular weight excluding hydrogens is 214 g/mol. The van der Waals surface area contributed by atoms with Gasteiger partial charge in [-0.3, -0.25) is 4.79 Å². The zero-order chi connectivity index (χ0) is 12.1. The summed E-state index contributed by atoms with van der Waals surface area (Å²) in [6.45, 7) is 0.641. The lowest BCUT2D eigenvalue weighted by Gasteiger charge is -2.17.